The fourth-order valence-corrected chi connectivity index (χ4v) is 5.09. The van der Waals surface area contributed by atoms with E-state index < -0.39 is 29.0 Å². The molecule has 8 heteroatoms. The lowest BCUT2D eigenvalue weighted by atomic mass is 9.82. The number of amides is 2. The number of nitro groups is 1. The van der Waals surface area contributed by atoms with Gasteiger partial charge in [0.25, 0.3) is 5.69 Å². The zero-order valence-corrected chi connectivity index (χ0v) is 19.7. The molecule has 3 aromatic rings. The van der Waals surface area contributed by atoms with Crippen LogP contribution in [0.5, 0.6) is 0 Å². The molecule has 5 rings (SSSR count). The summed E-state index contributed by atoms with van der Waals surface area (Å²) in [6, 6.07) is 24.4. The average Bonchev–Trinajstić information content (AvgIpc) is 3.44. The number of non-ortho nitro benzene ring substituents is 1. The lowest BCUT2D eigenvalue weighted by Crippen LogP contribution is -2.46. The quantitative estimate of drug-likeness (QED) is 0.363. The molecule has 2 aliphatic rings. The van der Waals surface area contributed by atoms with Crippen LogP contribution in [0, 0.1) is 22.0 Å². The van der Waals surface area contributed by atoms with Gasteiger partial charge in [-0.05, 0) is 23.1 Å². The van der Waals surface area contributed by atoms with E-state index >= 15 is 0 Å². The summed E-state index contributed by atoms with van der Waals surface area (Å²) >= 11 is 0. The highest BCUT2D eigenvalue weighted by Gasteiger charge is 2.49. The Morgan fingerprint density at radius 2 is 1.67 bits per heavy atom. The first-order valence-corrected chi connectivity index (χ1v) is 11.8. The van der Waals surface area contributed by atoms with Gasteiger partial charge in [-0.3, -0.25) is 19.9 Å². The number of rotatable bonds is 6. The lowest BCUT2D eigenvalue weighted by molar-refractivity contribution is -0.384. The van der Waals surface area contributed by atoms with Crippen molar-refractivity contribution < 1.29 is 19.2 Å². The molecule has 0 N–H and O–H groups in total. The van der Waals surface area contributed by atoms with E-state index in [4.69, 9.17) is 9.73 Å². The molecule has 0 aliphatic carbocycles. The molecule has 1 saturated heterocycles. The number of aliphatic imine (C=N–C) groups is 1. The third-order valence-corrected chi connectivity index (χ3v) is 6.90. The van der Waals surface area contributed by atoms with Crippen molar-refractivity contribution in [3.63, 3.8) is 0 Å². The highest BCUT2D eigenvalue weighted by Crippen LogP contribution is 2.42. The molecule has 2 heterocycles. The number of carbonyl (C=O) groups is 2. The molecule has 1 fully saturated rings. The van der Waals surface area contributed by atoms with E-state index in [-0.39, 0.29) is 24.1 Å². The van der Waals surface area contributed by atoms with Crippen LogP contribution in [0.25, 0.3) is 0 Å². The van der Waals surface area contributed by atoms with Crippen molar-refractivity contribution >= 4 is 23.4 Å². The highest BCUT2D eigenvalue weighted by molar-refractivity contribution is 6.08. The molecule has 182 valence electrons. The minimum atomic E-state index is -0.661. The molecule has 0 spiro atoms. The summed E-state index contributed by atoms with van der Waals surface area (Å²) in [6.07, 6.45) is -0.155. The van der Waals surface area contributed by atoms with Crippen LogP contribution in [0.4, 0.5) is 10.5 Å². The van der Waals surface area contributed by atoms with E-state index in [1.54, 1.807) is 12.1 Å². The van der Waals surface area contributed by atoms with Crippen molar-refractivity contribution in [1.29, 1.82) is 0 Å². The zero-order chi connectivity index (χ0) is 25.2. The van der Waals surface area contributed by atoms with Gasteiger partial charge < -0.3 is 4.74 Å². The SMILES string of the molecule is C[C@@H]1C(c2ccccc2)=N[C@@H](c2ccc([N+](=O)[O-])cc2)[C@H]1C(=O)N1C(=O)OC[C@@H]1Cc1ccccc1. The van der Waals surface area contributed by atoms with Gasteiger partial charge in [-0.2, -0.15) is 0 Å². The molecule has 0 saturated carbocycles. The minimum Gasteiger partial charge on any atom is -0.447 e. The van der Waals surface area contributed by atoms with Crippen molar-refractivity contribution in [3.8, 4) is 0 Å². The number of nitro benzene ring substituents is 1. The van der Waals surface area contributed by atoms with E-state index in [0.717, 1.165) is 16.8 Å². The highest BCUT2D eigenvalue weighted by atomic mass is 16.6. The largest absolute Gasteiger partial charge is 0.447 e. The smallest absolute Gasteiger partial charge is 0.416 e. The van der Waals surface area contributed by atoms with Crippen LogP contribution in [0.3, 0.4) is 0 Å². The molecule has 0 unspecified atom stereocenters. The van der Waals surface area contributed by atoms with Crippen LogP contribution in [0.2, 0.25) is 0 Å². The molecule has 36 heavy (non-hydrogen) atoms. The van der Waals surface area contributed by atoms with Crippen molar-refractivity contribution in [2.75, 3.05) is 6.61 Å². The van der Waals surface area contributed by atoms with Gasteiger partial charge in [-0.25, -0.2) is 9.69 Å². The Morgan fingerprint density at radius 3 is 2.31 bits per heavy atom. The fourth-order valence-electron chi connectivity index (χ4n) is 5.09. The van der Waals surface area contributed by atoms with Gasteiger partial charge in [0.15, 0.2) is 0 Å². The number of ether oxygens (including phenoxy) is 1. The van der Waals surface area contributed by atoms with Gasteiger partial charge >= 0.3 is 6.09 Å². The van der Waals surface area contributed by atoms with Gasteiger partial charge in [0.2, 0.25) is 5.91 Å². The second kappa shape index (κ2) is 9.73. The van der Waals surface area contributed by atoms with Crippen LogP contribution in [-0.2, 0) is 16.0 Å². The zero-order valence-electron chi connectivity index (χ0n) is 19.7. The summed E-state index contributed by atoms with van der Waals surface area (Å²) in [6.45, 7) is 2.07. The second-order valence-electron chi connectivity index (χ2n) is 9.12. The number of hydrogen-bond acceptors (Lipinski definition) is 6. The van der Waals surface area contributed by atoms with Crippen molar-refractivity contribution in [1.82, 2.24) is 4.90 Å². The van der Waals surface area contributed by atoms with Crippen LogP contribution >= 0.6 is 0 Å². The summed E-state index contributed by atoms with van der Waals surface area (Å²) in [5.41, 5.74) is 3.32. The maximum absolute atomic E-state index is 14.0. The van der Waals surface area contributed by atoms with Gasteiger partial charge in [0.05, 0.1) is 22.9 Å². The lowest BCUT2D eigenvalue weighted by Gasteiger charge is -2.28. The standard InChI is InChI=1S/C28H25N3O5/c1-18-24(27(32)30-23(17-36-28(30)33)16-19-8-4-2-5-9-19)26(21-12-14-22(15-13-21)31(34)35)29-25(18)20-10-6-3-7-11-20/h2-15,18,23-24,26H,16-17H2,1H3/t18-,23-,24-,26-/m0/s1. The molecule has 0 bridgehead atoms. The summed E-state index contributed by atoms with van der Waals surface area (Å²) in [7, 11) is 0. The van der Waals surface area contributed by atoms with Gasteiger partial charge in [0, 0.05) is 23.8 Å². The van der Waals surface area contributed by atoms with E-state index in [9.17, 15) is 19.7 Å². The predicted molar refractivity (Wildman–Crippen MR) is 134 cm³/mol. The number of benzene rings is 3. The third kappa shape index (κ3) is 4.37. The van der Waals surface area contributed by atoms with Gasteiger partial charge in [-0.1, -0.05) is 79.7 Å². The summed E-state index contributed by atoms with van der Waals surface area (Å²) in [4.78, 5) is 43.7. The van der Waals surface area contributed by atoms with Crippen LogP contribution in [-0.4, -0.2) is 40.2 Å². The molecule has 0 radical (unpaired) electrons. The topological polar surface area (TPSA) is 102 Å². The van der Waals surface area contributed by atoms with Crippen molar-refractivity contribution in [2.24, 2.45) is 16.8 Å². The Morgan fingerprint density at radius 1 is 1.03 bits per heavy atom. The maximum Gasteiger partial charge on any atom is 0.416 e. The van der Waals surface area contributed by atoms with E-state index in [0.29, 0.717) is 12.0 Å². The molecule has 2 aliphatic heterocycles. The minimum absolute atomic E-state index is 0.0361. The number of hydrogen-bond donors (Lipinski definition) is 0. The maximum atomic E-state index is 14.0. The van der Waals surface area contributed by atoms with Gasteiger partial charge in [0.1, 0.15) is 6.61 Å². The van der Waals surface area contributed by atoms with Crippen LogP contribution in [0.15, 0.2) is 89.9 Å². The molecule has 8 nitrogen and oxygen atoms in total. The van der Waals surface area contributed by atoms with E-state index in [1.165, 1.54) is 17.0 Å². The normalized spacial score (nSPS) is 23.3. The van der Waals surface area contributed by atoms with Gasteiger partial charge in [-0.15, -0.1) is 0 Å². The molecule has 0 aromatic heterocycles. The number of carbonyl (C=O) groups excluding carboxylic acids is 2. The Kier molecular flexibility index (Phi) is 6.33. The van der Waals surface area contributed by atoms with E-state index in [1.807, 2.05) is 67.6 Å². The van der Waals surface area contributed by atoms with E-state index in [2.05, 4.69) is 0 Å². The molecular formula is C28H25N3O5. The molecule has 2 amide bonds. The Hall–Kier alpha value is -4.33. The van der Waals surface area contributed by atoms with Crippen LogP contribution in [0.1, 0.15) is 29.7 Å². The van der Waals surface area contributed by atoms with Crippen molar-refractivity contribution in [2.45, 2.75) is 25.4 Å². The number of imide groups is 1. The Balaban J connectivity index is 1.50. The number of cyclic esters (lactones) is 1. The second-order valence-corrected chi connectivity index (χ2v) is 9.12. The first-order valence-electron chi connectivity index (χ1n) is 11.8. The Labute approximate surface area is 208 Å². The summed E-state index contributed by atoms with van der Waals surface area (Å²) in [5.74, 6) is -1.29. The predicted octanol–water partition coefficient (Wildman–Crippen LogP) is 4.98. The summed E-state index contributed by atoms with van der Waals surface area (Å²) < 4.78 is 5.31. The molecule has 3 aromatic carbocycles. The van der Waals surface area contributed by atoms with Crippen LogP contribution < -0.4 is 0 Å². The Bertz CT molecular complexity index is 1310. The first kappa shape index (κ1) is 23.4. The fraction of sp³-hybridized carbons (Fsp3) is 0.250. The molecular weight excluding hydrogens is 458 g/mol. The first-order chi connectivity index (χ1) is 17.4. The summed E-state index contributed by atoms with van der Waals surface area (Å²) in [5, 5.41) is 11.2. The molecule has 4 atom stereocenters. The third-order valence-electron chi connectivity index (χ3n) is 6.90. The average molecular weight is 484 g/mol. The monoisotopic (exact) mass is 483 g/mol. The number of nitrogens with zero attached hydrogens (tertiary/aromatic N) is 3. The van der Waals surface area contributed by atoms with Crippen molar-refractivity contribution in [3.05, 3.63) is 112 Å².